The molecule has 2 aromatic rings. The van der Waals surface area contributed by atoms with Crippen LogP contribution in [0.2, 0.25) is 0 Å². The Balaban J connectivity index is 2.26. The molecule has 25 heavy (non-hydrogen) atoms. The second-order valence-electron chi connectivity index (χ2n) is 5.46. The van der Waals surface area contributed by atoms with Crippen LogP contribution in [0, 0.1) is 0 Å². The first kappa shape index (κ1) is 18.3. The van der Waals surface area contributed by atoms with Crippen molar-refractivity contribution in [1.82, 2.24) is 9.97 Å². The van der Waals surface area contributed by atoms with Gasteiger partial charge in [-0.05, 0) is 13.8 Å². The number of nitrogens with zero attached hydrogens (tertiary/aromatic N) is 2. The second-order valence-corrected chi connectivity index (χ2v) is 5.46. The van der Waals surface area contributed by atoms with E-state index < -0.39 is 0 Å². The summed E-state index contributed by atoms with van der Waals surface area (Å²) in [4.78, 5) is 20.6. The van der Waals surface area contributed by atoms with Crippen molar-refractivity contribution in [3.8, 4) is 17.2 Å². The van der Waals surface area contributed by atoms with Crippen LogP contribution in [0.1, 0.15) is 24.3 Å². The molecule has 8 nitrogen and oxygen atoms in total. The smallest absolute Gasteiger partial charge is 0.274 e. The van der Waals surface area contributed by atoms with Crippen molar-refractivity contribution < 1.29 is 19.0 Å². The maximum atomic E-state index is 12.5. The van der Waals surface area contributed by atoms with Gasteiger partial charge in [-0.3, -0.25) is 4.79 Å². The quantitative estimate of drug-likeness (QED) is 0.795. The van der Waals surface area contributed by atoms with Crippen LogP contribution in [0.4, 0.5) is 11.5 Å². The zero-order chi connectivity index (χ0) is 18.4. The molecule has 0 bridgehead atoms. The van der Waals surface area contributed by atoms with Crippen molar-refractivity contribution in [2.75, 3.05) is 32.0 Å². The molecule has 1 heterocycles. The number of aromatic nitrogens is 2. The van der Waals surface area contributed by atoms with Gasteiger partial charge in [0.2, 0.25) is 5.75 Å². The summed E-state index contributed by atoms with van der Waals surface area (Å²) in [7, 11) is 4.54. The predicted molar refractivity (Wildman–Crippen MR) is 94.8 cm³/mol. The maximum Gasteiger partial charge on any atom is 0.274 e. The molecule has 0 saturated heterocycles. The third kappa shape index (κ3) is 4.50. The Hall–Kier alpha value is -3.03. The number of benzene rings is 1. The number of carbonyl (C=O) groups is 1. The normalized spacial score (nSPS) is 10.3. The van der Waals surface area contributed by atoms with Crippen LogP contribution < -0.4 is 24.8 Å². The molecule has 0 fully saturated rings. The monoisotopic (exact) mass is 346 g/mol. The number of carbonyl (C=O) groups excluding carboxylic acids is 1. The van der Waals surface area contributed by atoms with Gasteiger partial charge >= 0.3 is 0 Å². The SMILES string of the molecule is COc1cc(NC(=O)c2cc(NC(C)C)ncn2)cc(OC)c1OC. The molecular formula is C17H22N4O4. The number of anilines is 2. The second kappa shape index (κ2) is 8.18. The molecule has 0 radical (unpaired) electrons. The van der Waals surface area contributed by atoms with E-state index in [4.69, 9.17) is 14.2 Å². The molecule has 134 valence electrons. The summed E-state index contributed by atoms with van der Waals surface area (Å²) in [6.45, 7) is 3.97. The fourth-order valence-electron chi connectivity index (χ4n) is 2.20. The van der Waals surface area contributed by atoms with Gasteiger partial charge in [0.15, 0.2) is 11.5 Å². The minimum atomic E-state index is -0.372. The summed E-state index contributed by atoms with van der Waals surface area (Å²) < 4.78 is 15.8. The van der Waals surface area contributed by atoms with E-state index in [9.17, 15) is 4.79 Å². The van der Waals surface area contributed by atoms with Gasteiger partial charge in [0.1, 0.15) is 17.8 Å². The average molecular weight is 346 g/mol. The highest BCUT2D eigenvalue weighted by Crippen LogP contribution is 2.39. The third-order valence-corrected chi connectivity index (χ3v) is 3.26. The molecule has 0 unspecified atom stereocenters. The van der Waals surface area contributed by atoms with Crippen LogP contribution in [0.3, 0.4) is 0 Å². The first-order chi connectivity index (χ1) is 12.0. The summed E-state index contributed by atoms with van der Waals surface area (Å²) in [6, 6.07) is 5.08. The van der Waals surface area contributed by atoms with Gasteiger partial charge in [-0.15, -0.1) is 0 Å². The molecule has 0 aliphatic heterocycles. The summed E-state index contributed by atoms with van der Waals surface area (Å²) in [5, 5.41) is 5.89. The highest BCUT2D eigenvalue weighted by molar-refractivity contribution is 6.03. The molecule has 8 heteroatoms. The van der Waals surface area contributed by atoms with Gasteiger partial charge in [-0.1, -0.05) is 0 Å². The Morgan fingerprint density at radius 3 is 2.16 bits per heavy atom. The highest BCUT2D eigenvalue weighted by atomic mass is 16.5. The van der Waals surface area contributed by atoms with E-state index in [1.165, 1.54) is 27.7 Å². The number of hydrogen-bond acceptors (Lipinski definition) is 7. The van der Waals surface area contributed by atoms with Crippen LogP contribution in [0.15, 0.2) is 24.5 Å². The zero-order valence-corrected chi connectivity index (χ0v) is 14.9. The fraction of sp³-hybridized carbons (Fsp3) is 0.353. The summed E-state index contributed by atoms with van der Waals surface area (Å²) >= 11 is 0. The standard InChI is InChI=1S/C17H22N4O4/c1-10(2)20-15-8-12(18-9-19-15)17(22)21-11-6-13(23-3)16(25-5)14(7-11)24-4/h6-10H,1-5H3,(H,21,22)(H,18,19,20). The number of hydrogen-bond donors (Lipinski definition) is 2. The molecule has 1 aromatic carbocycles. The van der Waals surface area contributed by atoms with Crippen molar-refractivity contribution in [3.05, 3.63) is 30.2 Å². The van der Waals surface area contributed by atoms with Crippen molar-refractivity contribution in [1.29, 1.82) is 0 Å². The summed E-state index contributed by atoms with van der Waals surface area (Å²) in [5.41, 5.74) is 0.739. The van der Waals surface area contributed by atoms with Gasteiger partial charge in [0.05, 0.1) is 21.3 Å². The number of rotatable bonds is 7. The molecule has 2 rings (SSSR count). The first-order valence-electron chi connectivity index (χ1n) is 7.68. The lowest BCUT2D eigenvalue weighted by Crippen LogP contribution is -2.16. The Labute approximate surface area is 146 Å². The third-order valence-electron chi connectivity index (χ3n) is 3.26. The highest BCUT2D eigenvalue weighted by Gasteiger charge is 2.16. The van der Waals surface area contributed by atoms with E-state index in [2.05, 4.69) is 20.6 Å². The number of ether oxygens (including phenoxy) is 3. The average Bonchev–Trinajstić information content (AvgIpc) is 2.60. The van der Waals surface area contributed by atoms with Gasteiger partial charge in [-0.2, -0.15) is 0 Å². The van der Waals surface area contributed by atoms with E-state index in [0.717, 1.165) is 0 Å². The van der Waals surface area contributed by atoms with Crippen molar-refractivity contribution in [3.63, 3.8) is 0 Å². The molecular weight excluding hydrogens is 324 g/mol. The van der Waals surface area contributed by atoms with Gasteiger partial charge in [0.25, 0.3) is 5.91 Å². The van der Waals surface area contributed by atoms with E-state index in [1.807, 2.05) is 13.8 Å². The van der Waals surface area contributed by atoms with E-state index in [0.29, 0.717) is 28.8 Å². The van der Waals surface area contributed by atoms with Crippen LogP contribution in [0.5, 0.6) is 17.2 Å². The number of amides is 1. The number of nitrogens with one attached hydrogen (secondary N) is 2. The topological polar surface area (TPSA) is 94.6 Å². The molecule has 0 aliphatic carbocycles. The first-order valence-corrected chi connectivity index (χ1v) is 7.68. The number of methoxy groups -OCH3 is 3. The van der Waals surface area contributed by atoms with Crippen LogP contribution in [-0.2, 0) is 0 Å². The zero-order valence-electron chi connectivity index (χ0n) is 14.9. The molecule has 1 amide bonds. The van der Waals surface area contributed by atoms with Crippen LogP contribution in [-0.4, -0.2) is 43.2 Å². The lowest BCUT2D eigenvalue weighted by atomic mass is 10.2. The van der Waals surface area contributed by atoms with Crippen molar-refractivity contribution in [2.45, 2.75) is 19.9 Å². The minimum absolute atomic E-state index is 0.195. The van der Waals surface area contributed by atoms with Crippen molar-refractivity contribution in [2.24, 2.45) is 0 Å². The van der Waals surface area contributed by atoms with Crippen LogP contribution in [0.25, 0.3) is 0 Å². The van der Waals surface area contributed by atoms with E-state index in [-0.39, 0.29) is 17.6 Å². The minimum Gasteiger partial charge on any atom is -0.493 e. The molecule has 2 N–H and O–H groups in total. The molecule has 0 spiro atoms. The van der Waals surface area contributed by atoms with Gasteiger partial charge in [0, 0.05) is 29.9 Å². The van der Waals surface area contributed by atoms with Crippen LogP contribution >= 0.6 is 0 Å². The van der Waals surface area contributed by atoms with Gasteiger partial charge in [-0.25, -0.2) is 9.97 Å². The van der Waals surface area contributed by atoms with E-state index in [1.54, 1.807) is 18.2 Å². The largest absolute Gasteiger partial charge is 0.493 e. The Morgan fingerprint density at radius 1 is 1.00 bits per heavy atom. The lowest BCUT2D eigenvalue weighted by molar-refractivity contribution is 0.102. The predicted octanol–water partition coefficient (Wildman–Crippen LogP) is 2.58. The van der Waals surface area contributed by atoms with E-state index >= 15 is 0 Å². The molecule has 0 atom stereocenters. The summed E-state index contributed by atoms with van der Waals surface area (Å²) in [5.74, 6) is 1.56. The molecule has 0 saturated carbocycles. The summed E-state index contributed by atoms with van der Waals surface area (Å²) in [6.07, 6.45) is 1.34. The molecule has 1 aromatic heterocycles. The molecule has 0 aliphatic rings. The Morgan fingerprint density at radius 2 is 1.64 bits per heavy atom. The lowest BCUT2D eigenvalue weighted by Gasteiger charge is -2.14. The fourth-order valence-corrected chi connectivity index (χ4v) is 2.20. The van der Waals surface area contributed by atoms with Gasteiger partial charge < -0.3 is 24.8 Å². The maximum absolute atomic E-state index is 12.5. The Kier molecular flexibility index (Phi) is 5.99. The Bertz CT molecular complexity index is 724. The van der Waals surface area contributed by atoms with Crippen molar-refractivity contribution >= 4 is 17.4 Å².